The molecule has 10 aromatic rings. The van der Waals surface area contributed by atoms with E-state index in [4.69, 9.17) is 0 Å². The molecule has 0 aromatic heterocycles. The summed E-state index contributed by atoms with van der Waals surface area (Å²) in [6.07, 6.45) is 4.08. The lowest BCUT2D eigenvalue weighted by molar-refractivity contribution is 0.802. The maximum Gasteiger partial charge on any atom is 0.0731 e. The molecule has 0 unspecified atom stereocenters. The third kappa shape index (κ3) is 4.35. The molecule has 0 fully saturated rings. The Morgan fingerprint density at radius 3 is 1.60 bits per heavy atom. The van der Waals surface area contributed by atoms with Gasteiger partial charge in [-0.25, -0.2) is 0 Å². The molecule has 2 aliphatic rings. The highest BCUT2D eigenvalue weighted by Crippen LogP contribution is 2.64. The van der Waals surface area contributed by atoms with Gasteiger partial charge in [0, 0.05) is 0 Å². The van der Waals surface area contributed by atoms with E-state index in [1.54, 1.807) is 0 Å². The second-order valence-corrected chi connectivity index (χ2v) is 15.9. The zero-order chi connectivity index (χ0) is 38.5. The summed E-state index contributed by atoms with van der Waals surface area (Å²) in [5, 5.41) is 10.1. The van der Waals surface area contributed by atoms with Crippen molar-refractivity contribution in [2.24, 2.45) is 0 Å². The molecule has 0 heterocycles. The normalized spacial score (nSPS) is 13.6. The number of hydrogen-bond acceptors (Lipinski definition) is 0. The lowest BCUT2D eigenvalue weighted by Gasteiger charge is -2.31. The van der Waals surface area contributed by atoms with E-state index in [-0.39, 0.29) is 0 Å². The van der Waals surface area contributed by atoms with Gasteiger partial charge in [-0.3, -0.25) is 0 Å². The van der Waals surface area contributed by atoms with Gasteiger partial charge >= 0.3 is 0 Å². The highest BCUT2D eigenvalue weighted by molar-refractivity contribution is 6.22. The zero-order valence-electron chi connectivity index (χ0n) is 32.3. The van der Waals surface area contributed by atoms with E-state index < -0.39 is 5.41 Å². The Balaban J connectivity index is 1.14. The van der Waals surface area contributed by atoms with Crippen LogP contribution in [-0.2, 0) is 5.41 Å². The van der Waals surface area contributed by atoms with Crippen molar-refractivity contribution in [3.05, 3.63) is 235 Å². The predicted molar refractivity (Wildman–Crippen MR) is 247 cm³/mol. The van der Waals surface area contributed by atoms with E-state index in [0.717, 1.165) is 5.57 Å². The van der Waals surface area contributed by atoms with Crippen LogP contribution in [0.5, 0.6) is 0 Å². The van der Waals surface area contributed by atoms with Crippen LogP contribution in [0.15, 0.2) is 207 Å². The molecular formula is C58H38. The second kappa shape index (κ2) is 12.4. The van der Waals surface area contributed by atoms with Crippen molar-refractivity contribution in [1.29, 1.82) is 0 Å². The SMILES string of the molecule is C=C/C(=C\C)c1cccc(-c2c3ccccc3c(-c3ccc4c5c(ccc4c3)-c3cc4ccccc4cc3C53c4ccccc4-c4ccccc43)c3ccccc23)c1. The molecule has 58 heavy (non-hydrogen) atoms. The van der Waals surface area contributed by atoms with E-state index in [1.807, 2.05) is 6.08 Å². The van der Waals surface area contributed by atoms with E-state index in [2.05, 4.69) is 208 Å². The number of allylic oxidation sites excluding steroid dienone is 3. The Morgan fingerprint density at radius 1 is 0.414 bits per heavy atom. The van der Waals surface area contributed by atoms with Gasteiger partial charge in [-0.15, -0.1) is 0 Å². The monoisotopic (exact) mass is 734 g/mol. The molecule has 0 N–H and O–H groups in total. The van der Waals surface area contributed by atoms with Crippen LogP contribution in [0.25, 0.3) is 93.2 Å². The minimum Gasteiger partial charge on any atom is -0.0985 e. The summed E-state index contributed by atoms with van der Waals surface area (Å²) in [6.45, 7) is 6.17. The minimum atomic E-state index is -0.434. The number of rotatable bonds is 4. The van der Waals surface area contributed by atoms with Crippen molar-refractivity contribution < 1.29 is 0 Å². The van der Waals surface area contributed by atoms with Gasteiger partial charge in [0.2, 0.25) is 0 Å². The Morgan fingerprint density at radius 2 is 0.983 bits per heavy atom. The Labute approximate surface area is 338 Å². The summed E-state index contributed by atoms with van der Waals surface area (Å²) < 4.78 is 0. The van der Waals surface area contributed by atoms with Crippen LogP contribution in [0.3, 0.4) is 0 Å². The topological polar surface area (TPSA) is 0 Å². The molecule has 270 valence electrons. The van der Waals surface area contributed by atoms with E-state index in [9.17, 15) is 0 Å². The van der Waals surface area contributed by atoms with Gasteiger partial charge in [0.25, 0.3) is 0 Å². The van der Waals surface area contributed by atoms with Crippen LogP contribution in [0.1, 0.15) is 34.7 Å². The van der Waals surface area contributed by atoms with Gasteiger partial charge in [-0.1, -0.05) is 183 Å². The van der Waals surface area contributed by atoms with Crippen LogP contribution >= 0.6 is 0 Å². The van der Waals surface area contributed by atoms with Crippen molar-refractivity contribution in [3.8, 4) is 44.5 Å². The van der Waals surface area contributed by atoms with Crippen molar-refractivity contribution in [3.63, 3.8) is 0 Å². The third-order valence-electron chi connectivity index (χ3n) is 13.2. The number of benzene rings is 10. The highest BCUT2D eigenvalue weighted by Gasteiger charge is 2.52. The molecule has 0 atom stereocenters. The zero-order valence-corrected chi connectivity index (χ0v) is 32.3. The summed E-state index contributed by atoms with van der Waals surface area (Å²) in [6, 6.07) is 70.9. The molecule has 0 saturated heterocycles. The molecule has 0 nitrogen and oxygen atoms in total. The van der Waals surface area contributed by atoms with Crippen molar-refractivity contribution in [2.75, 3.05) is 0 Å². The Bertz CT molecular complexity index is 3320. The van der Waals surface area contributed by atoms with E-state index in [0.29, 0.717) is 0 Å². The second-order valence-electron chi connectivity index (χ2n) is 15.9. The molecule has 2 aliphatic carbocycles. The fourth-order valence-electron chi connectivity index (χ4n) is 10.8. The van der Waals surface area contributed by atoms with Gasteiger partial charge < -0.3 is 0 Å². The van der Waals surface area contributed by atoms with Crippen LogP contribution < -0.4 is 0 Å². The molecule has 0 saturated carbocycles. The fourth-order valence-corrected chi connectivity index (χ4v) is 10.8. The maximum absolute atomic E-state index is 4.09. The van der Waals surface area contributed by atoms with Crippen LogP contribution in [-0.4, -0.2) is 0 Å². The molecule has 0 bridgehead atoms. The Kier molecular flexibility index (Phi) is 7.01. The van der Waals surface area contributed by atoms with Gasteiger partial charge in [0.05, 0.1) is 5.41 Å². The van der Waals surface area contributed by atoms with Crippen LogP contribution in [0.2, 0.25) is 0 Å². The minimum absolute atomic E-state index is 0.434. The van der Waals surface area contributed by atoms with Crippen LogP contribution in [0, 0.1) is 0 Å². The standard InChI is InChI=1S/C58H38/c1-3-36(4-2)37-18-15-19-41(32-37)55-46-22-7-9-24-48(46)56(49-25-10-8-23-47(49)55)42-29-30-43-40(33-42)28-31-50-51-34-38-16-5-6-17-39(38)35-54(51)58(57(43)50)52-26-13-11-20-44(52)45-21-12-14-27-53(45)58/h3-35H,1H2,2H3/b36-4+. The molecule has 0 radical (unpaired) electrons. The maximum atomic E-state index is 4.09. The molecule has 0 heteroatoms. The van der Waals surface area contributed by atoms with Crippen LogP contribution in [0.4, 0.5) is 0 Å². The smallest absolute Gasteiger partial charge is 0.0731 e. The predicted octanol–water partition coefficient (Wildman–Crippen LogP) is 15.6. The average molecular weight is 735 g/mol. The summed E-state index contributed by atoms with van der Waals surface area (Å²) >= 11 is 0. The lowest BCUT2D eigenvalue weighted by atomic mass is 9.69. The van der Waals surface area contributed by atoms with Crippen molar-refractivity contribution in [2.45, 2.75) is 12.3 Å². The van der Waals surface area contributed by atoms with Gasteiger partial charge in [0.1, 0.15) is 0 Å². The first-order valence-corrected chi connectivity index (χ1v) is 20.3. The number of fused-ring (bicyclic) bond motifs is 15. The molecule has 0 amide bonds. The molecule has 0 aliphatic heterocycles. The molecular weight excluding hydrogens is 697 g/mol. The first-order valence-electron chi connectivity index (χ1n) is 20.3. The quantitative estimate of drug-likeness (QED) is 0.125. The average Bonchev–Trinajstić information content (AvgIpc) is 3.74. The fraction of sp³-hybridized carbons (Fsp3) is 0.0345. The Hall–Kier alpha value is -7.28. The largest absolute Gasteiger partial charge is 0.0985 e. The highest BCUT2D eigenvalue weighted by atomic mass is 14.5. The molecule has 10 aromatic carbocycles. The van der Waals surface area contributed by atoms with Gasteiger partial charge in [-0.05, 0) is 152 Å². The molecule has 1 spiro atoms. The summed E-state index contributed by atoms with van der Waals surface area (Å²) in [5.41, 5.74) is 17.7. The van der Waals surface area contributed by atoms with E-state index >= 15 is 0 Å². The first kappa shape index (κ1) is 32.9. The number of hydrogen-bond donors (Lipinski definition) is 0. The third-order valence-corrected chi connectivity index (χ3v) is 13.2. The van der Waals surface area contributed by atoms with E-state index in [1.165, 1.54) is 115 Å². The van der Waals surface area contributed by atoms with Crippen molar-refractivity contribution >= 4 is 48.7 Å². The lowest BCUT2D eigenvalue weighted by Crippen LogP contribution is -2.26. The van der Waals surface area contributed by atoms with Gasteiger partial charge in [-0.2, -0.15) is 0 Å². The molecule has 12 rings (SSSR count). The summed E-state index contributed by atoms with van der Waals surface area (Å²) in [7, 11) is 0. The first-order chi connectivity index (χ1) is 28.7. The van der Waals surface area contributed by atoms with Gasteiger partial charge in [0.15, 0.2) is 0 Å². The summed E-state index contributed by atoms with van der Waals surface area (Å²) in [4.78, 5) is 0. The summed E-state index contributed by atoms with van der Waals surface area (Å²) in [5.74, 6) is 0. The van der Waals surface area contributed by atoms with Crippen molar-refractivity contribution in [1.82, 2.24) is 0 Å².